The van der Waals surface area contributed by atoms with Crippen LogP contribution in [0.3, 0.4) is 0 Å². The predicted octanol–water partition coefficient (Wildman–Crippen LogP) is 3.83. The standard InChI is InChI=1S/C19H21NO/c1-2-5-15(6-3-1)17-7-4-8-18(13-17)21-19-14-20-11-9-16(19)10-12-20/h1-8,13,16,19H,9-12,14H2. The Hall–Kier alpha value is -1.80. The van der Waals surface area contributed by atoms with Crippen LogP contribution < -0.4 is 4.74 Å². The first-order valence-electron chi connectivity index (χ1n) is 7.93. The first kappa shape index (κ1) is 12.9. The Kier molecular flexibility index (Phi) is 3.40. The minimum Gasteiger partial charge on any atom is -0.489 e. The average Bonchev–Trinajstić information content (AvgIpc) is 2.57. The molecular formula is C19H21NO. The molecule has 0 saturated carbocycles. The summed E-state index contributed by atoms with van der Waals surface area (Å²) in [5.74, 6) is 1.76. The third kappa shape index (κ3) is 2.68. The maximum absolute atomic E-state index is 6.31. The summed E-state index contributed by atoms with van der Waals surface area (Å²) in [7, 11) is 0. The van der Waals surface area contributed by atoms with E-state index in [1.807, 2.05) is 0 Å². The second-order valence-corrected chi connectivity index (χ2v) is 6.19. The number of fused-ring (bicyclic) bond motifs is 3. The molecule has 108 valence electrons. The van der Waals surface area contributed by atoms with Crippen molar-refractivity contribution in [2.75, 3.05) is 19.6 Å². The van der Waals surface area contributed by atoms with Crippen LogP contribution in [0.1, 0.15) is 12.8 Å². The van der Waals surface area contributed by atoms with Crippen molar-refractivity contribution in [3.63, 3.8) is 0 Å². The summed E-state index contributed by atoms with van der Waals surface area (Å²) >= 11 is 0. The van der Waals surface area contributed by atoms with Crippen LogP contribution in [0.5, 0.6) is 5.75 Å². The monoisotopic (exact) mass is 279 g/mol. The quantitative estimate of drug-likeness (QED) is 0.846. The lowest BCUT2D eigenvalue weighted by Gasteiger charge is -2.44. The van der Waals surface area contributed by atoms with Gasteiger partial charge in [0, 0.05) is 6.54 Å². The van der Waals surface area contributed by atoms with Crippen LogP contribution >= 0.6 is 0 Å². The molecule has 3 heterocycles. The zero-order valence-corrected chi connectivity index (χ0v) is 12.2. The van der Waals surface area contributed by atoms with E-state index in [4.69, 9.17) is 4.74 Å². The zero-order valence-electron chi connectivity index (χ0n) is 12.2. The number of piperidine rings is 3. The Morgan fingerprint density at radius 3 is 2.33 bits per heavy atom. The van der Waals surface area contributed by atoms with Crippen molar-refractivity contribution in [2.45, 2.75) is 18.9 Å². The molecule has 5 rings (SSSR count). The van der Waals surface area contributed by atoms with Gasteiger partial charge >= 0.3 is 0 Å². The SMILES string of the molecule is c1ccc(-c2cccc(OC3CN4CCC3CC4)c2)cc1. The van der Waals surface area contributed by atoms with Gasteiger partial charge < -0.3 is 4.74 Å². The third-order valence-electron chi connectivity index (χ3n) is 4.82. The highest BCUT2D eigenvalue weighted by molar-refractivity contribution is 5.64. The molecule has 0 N–H and O–H groups in total. The van der Waals surface area contributed by atoms with Crippen LogP contribution in [0.2, 0.25) is 0 Å². The molecule has 2 aromatic rings. The number of rotatable bonds is 3. The molecule has 1 unspecified atom stereocenters. The van der Waals surface area contributed by atoms with E-state index in [0.29, 0.717) is 6.10 Å². The Labute approximate surface area is 126 Å². The molecule has 2 heteroatoms. The fraction of sp³-hybridized carbons (Fsp3) is 0.368. The van der Waals surface area contributed by atoms with Crippen molar-refractivity contribution in [3.05, 3.63) is 54.6 Å². The summed E-state index contributed by atoms with van der Waals surface area (Å²) < 4.78 is 6.31. The van der Waals surface area contributed by atoms with E-state index in [0.717, 1.165) is 18.2 Å². The molecule has 2 bridgehead atoms. The molecule has 0 spiro atoms. The van der Waals surface area contributed by atoms with E-state index < -0.39 is 0 Å². The molecule has 0 radical (unpaired) electrons. The lowest BCUT2D eigenvalue weighted by molar-refractivity contribution is -0.00773. The third-order valence-corrected chi connectivity index (χ3v) is 4.82. The van der Waals surface area contributed by atoms with Gasteiger partial charge in [0.1, 0.15) is 11.9 Å². The summed E-state index contributed by atoms with van der Waals surface area (Å²) in [6.45, 7) is 3.61. The first-order valence-corrected chi connectivity index (χ1v) is 7.93. The lowest BCUT2D eigenvalue weighted by atomic mass is 9.86. The maximum atomic E-state index is 6.31. The Morgan fingerprint density at radius 2 is 1.62 bits per heavy atom. The molecule has 3 aliphatic heterocycles. The van der Waals surface area contributed by atoms with Crippen molar-refractivity contribution >= 4 is 0 Å². The fourth-order valence-electron chi connectivity index (χ4n) is 3.60. The molecule has 21 heavy (non-hydrogen) atoms. The molecular weight excluding hydrogens is 258 g/mol. The number of hydrogen-bond donors (Lipinski definition) is 0. The molecule has 0 amide bonds. The van der Waals surface area contributed by atoms with Gasteiger partial charge in [-0.3, -0.25) is 4.90 Å². The van der Waals surface area contributed by atoms with Gasteiger partial charge in [-0.1, -0.05) is 42.5 Å². The topological polar surface area (TPSA) is 12.5 Å². The second-order valence-electron chi connectivity index (χ2n) is 6.19. The van der Waals surface area contributed by atoms with Gasteiger partial charge in [-0.2, -0.15) is 0 Å². The predicted molar refractivity (Wildman–Crippen MR) is 85.5 cm³/mol. The molecule has 0 aromatic heterocycles. The second kappa shape index (κ2) is 5.53. The minimum absolute atomic E-state index is 0.374. The van der Waals surface area contributed by atoms with E-state index >= 15 is 0 Å². The van der Waals surface area contributed by atoms with Gasteiger partial charge in [0.05, 0.1) is 0 Å². The van der Waals surface area contributed by atoms with E-state index in [-0.39, 0.29) is 0 Å². The molecule has 2 aromatic carbocycles. The van der Waals surface area contributed by atoms with Crippen molar-refractivity contribution in [1.29, 1.82) is 0 Å². The van der Waals surface area contributed by atoms with Gasteiger partial charge in [-0.25, -0.2) is 0 Å². The van der Waals surface area contributed by atoms with E-state index in [1.54, 1.807) is 0 Å². The summed E-state index contributed by atoms with van der Waals surface area (Å²) in [5.41, 5.74) is 2.48. The van der Waals surface area contributed by atoms with Gasteiger partial charge in [-0.15, -0.1) is 0 Å². The van der Waals surface area contributed by atoms with Gasteiger partial charge in [0.15, 0.2) is 0 Å². The largest absolute Gasteiger partial charge is 0.489 e. The summed E-state index contributed by atoms with van der Waals surface area (Å²) in [6, 6.07) is 19.0. The van der Waals surface area contributed by atoms with E-state index in [9.17, 15) is 0 Å². The number of nitrogens with zero attached hydrogens (tertiary/aromatic N) is 1. The van der Waals surface area contributed by atoms with Gasteiger partial charge in [0.2, 0.25) is 0 Å². The van der Waals surface area contributed by atoms with Crippen LogP contribution in [-0.2, 0) is 0 Å². The molecule has 3 aliphatic rings. The van der Waals surface area contributed by atoms with Crippen molar-refractivity contribution in [1.82, 2.24) is 4.90 Å². The van der Waals surface area contributed by atoms with Crippen LogP contribution in [0.15, 0.2) is 54.6 Å². The van der Waals surface area contributed by atoms with Crippen LogP contribution in [0, 0.1) is 5.92 Å². The number of benzene rings is 2. The first-order chi connectivity index (χ1) is 10.4. The highest BCUT2D eigenvalue weighted by Gasteiger charge is 2.35. The average molecular weight is 279 g/mol. The summed E-state index contributed by atoms with van der Waals surface area (Å²) in [6.07, 6.45) is 2.96. The number of hydrogen-bond acceptors (Lipinski definition) is 2. The Balaban J connectivity index is 1.53. The van der Waals surface area contributed by atoms with Crippen LogP contribution in [-0.4, -0.2) is 30.6 Å². The molecule has 3 fully saturated rings. The fourth-order valence-corrected chi connectivity index (χ4v) is 3.60. The Bertz CT molecular complexity index is 602. The molecule has 3 saturated heterocycles. The highest BCUT2D eigenvalue weighted by Crippen LogP contribution is 2.32. The highest BCUT2D eigenvalue weighted by atomic mass is 16.5. The summed E-state index contributed by atoms with van der Waals surface area (Å²) in [4.78, 5) is 2.53. The van der Waals surface area contributed by atoms with Crippen molar-refractivity contribution in [3.8, 4) is 16.9 Å². The molecule has 2 nitrogen and oxygen atoms in total. The lowest BCUT2D eigenvalue weighted by Crippen LogP contribution is -2.52. The Morgan fingerprint density at radius 1 is 0.857 bits per heavy atom. The normalized spacial score (nSPS) is 27.5. The van der Waals surface area contributed by atoms with E-state index in [1.165, 1.54) is 37.1 Å². The zero-order chi connectivity index (χ0) is 14.1. The molecule has 0 aliphatic carbocycles. The van der Waals surface area contributed by atoms with Gasteiger partial charge in [0.25, 0.3) is 0 Å². The molecule has 1 atom stereocenters. The number of ether oxygens (including phenoxy) is 1. The summed E-state index contributed by atoms with van der Waals surface area (Å²) in [5, 5.41) is 0. The van der Waals surface area contributed by atoms with Gasteiger partial charge in [-0.05, 0) is 55.1 Å². The maximum Gasteiger partial charge on any atom is 0.120 e. The van der Waals surface area contributed by atoms with Crippen molar-refractivity contribution < 1.29 is 4.74 Å². The van der Waals surface area contributed by atoms with Crippen LogP contribution in [0.25, 0.3) is 11.1 Å². The van der Waals surface area contributed by atoms with Crippen LogP contribution in [0.4, 0.5) is 0 Å². The van der Waals surface area contributed by atoms with Crippen molar-refractivity contribution in [2.24, 2.45) is 5.92 Å². The minimum atomic E-state index is 0.374. The smallest absolute Gasteiger partial charge is 0.120 e. The van der Waals surface area contributed by atoms with E-state index in [2.05, 4.69) is 59.5 Å².